The maximum Gasteiger partial charge on any atom is 0.270 e. The number of benzene rings is 2. The highest BCUT2D eigenvalue weighted by Crippen LogP contribution is 2.29. The summed E-state index contributed by atoms with van der Waals surface area (Å²) in [5.74, 6) is -1.76. The van der Waals surface area contributed by atoms with Crippen LogP contribution < -0.4 is 0 Å². The van der Waals surface area contributed by atoms with Crippen LogP contribution in [0.25, 0.3) is 10.9 Å². The number of carbonyl (C=O) groups is 2. The molecule has 0 aliphatic carbocycles. The lowest BCUT2D eigenvalue weighted by molar-refractivity contribution is -0.133. The molecule has 1 aliphatic rings. The van der Waals surface area contributed by atoms with Crippen LogP contribution in [0.1, 0.15) is 42.2 Å². The predicted octanol–water partition coefficient (Wildman–Crippen LogP) is 4.92. The first kappa shape index (κ1) is 23.9. The van der Waals surface area contributed by atoms with E-state index >= 15 is 0 Å². The molecule has 2 amide bonds. The van der Waals surface area contributed by atoms with Crippen molar-refractivity contribution in [2.45, 2.75) is 38.6 Å². The molecule has 0 saturated carbocycles. The number of nitrogens with one attached hydrogen (secondary N) is 1. The van der Waals surface area contributed by atoms with Gasteiger partial charge in [-0.05, 0) is 61.1 Å². The number of nitrogens with zero attached hydrogens (tertiary/aromatic N) is 2. The molecule has 0 spiro atoms. The molecule has 1 aliphatic heterocycles. The molecule has 2 aromatic carbocycles. The minimum Gasteiger partial charge on any atom is -0.351 e. The van der Waals surface area contributed by atoms with Crippen LogP contribution >= 0.6 is 0 Å². The molecule has 1 unspecified atom stereocenters. The van der Waals surface area contributed by atoms with E-state index in [9.17, 15) is 22.8 Å². The van der Waals surface area contributed by atoms with Crippen molar-refractivity contribution in [3.63, 3.8) is 0 Å². The lowest BCUT2D eigenvalue weighted by Gasteiger charge is -2.40. The first-order chi connectivity index (χ1) is 16.3. The van der Waals surface area contributed by atoms with Crippen molar-refractivity contribution < 1.29 is 22.8 Å². The van der Waals surface area contributed by atoms with Crippen molar-refractivity contribution in [2.24, 2.45) is 5.92 Å². The second kappa shape index (κ2) is 9.91. The quantitative estimate of drug-likeness (QED) is 0.555. The zero-order chi connectivity index (χ0) is 24.4. The van der Waals surface area contributed by atoms with Crippen molar-refractivity contribution in [3.05, 3.63) is 71.2 Å². The van der Waals surface area contributed by atoms with Gasteiger partial charge in [0.1, 0.15) is 23.1 Å². The van der Waals surface area contributed by atoms with Crippen LogP contribution in [-0.2, 0) is 11.2 Å². The zero-order valence-corrected chi connectivity index (χ0v) is 19.3. The molecule has 1 aromatic heterocycles. The average Bonchev–Trinajstić information content (AvgIpc) is 3.25. The molecule has 4 rings (SSSR count). The first-order valence-corrected chi connectivity index (χ1v) is 11.5. The number of hydrogen-bond donors (Lipinski definition) is 1. The average molecular weight is 472 g/mol. The summed E-state index contributed by atoms with van der Waals surface area (Å²) >= 11 is 0. The van der Waals surface area contributed by atoms with E-state index in [1.165, 1.54) is 24.3 Å². The standard InChI is InChI=1S/C26H28F3N3O2/c1-3-25(33)31(2)24(14-17-4-5-20(28)15-21(17)29)16-8-10-32(11-9-16)26(34)23-13-18-12-19(27)6-7-22(18)30-23/h4-7,12-13,15-16,24,30H,3,8-11,14H2,1-2H3. The number of aromatic nitrogens is 1. The third-order valence-electron chi connectivity index (χ3n) is 6.82. The largest absolute Gasteiger partial charge is 0.351 e. The molecule has 1 atom stereocenters. The number of halogens is 3. The Bertz CT molecular complexity index is 1200. The van der Waals surface area contributed by atoms with Crippen LogP contribution in [-0.4, -0.2) is 52.8 Å². The third kappa shape index (κ3) is 4.95. The number of fused-ring (bicyclic) bond motifs is 1. The molecule has 8 heteroatoms. The fourth-order valence-electron chi connectivity index (χ4n) is 4.84. The van der Waals surface area contributed by atoms with Gasteiger partial charge in [0.2, 0.25) is 5.91 Å². The Balaban J connectivity index is 1.48. The number of aromatic amines is 1. The molecule has 1 N–H and O–H groups in total. The van der Waals surface area contributed by atoms with Crippen molar-refractivity contribution >= 4 is 22.7 Å². The van der Waals surface area contributed by atoms with Gasteiger partial charge < -0.3 is 14.8 Å². The number of likely N-dealkylation sites (tertiary alicyclic amines) is 1. The summed E-state index contributed by atoms with van der Waals surface area (Å²) in [6.45, 7) is 2.76. The third-order valence-corrected chi connectivity index (χ3v) is 6.82. The normalized spacial score (nSPS) is 15.5. The Morgan fingerprint density at radius 1 is 1.06 bits per heavy atom. The fraction of sp³-hybridized carbons (Fsp3) is 0.385. The molecule has 5 nitrogen and oxygen atoms in total. The smallest absolute Gasteiger partial charge is 0.270 e. The van der Waals surface area contributed by atoms with Gasteiger partial charge in [-0.2, -0.15) is 0 Å². The van der Waals surface area contributed by atoms with E-state index in [0.29, 0.717) is 54.5 Å². The second-order valence-electron chi connectivity index (χ2n) is 8.91. The van der Waals surface area contributed by atoms with E-state index in [4.69, 9.17) is 0 Å². The van der Waals surface area contributed by atoms with Gasteiger partial charge in [0, 0.05) is 49.6 Å². The molecule has 180 valence electrons. The SMILES string of the molecule is CCC(=O)N(C)C(Cc1ccc(F)cc1F)C1CCN(C(=O)c2cc3cc(F)ccc3[nH]2)CC1. The highest BCUT2D eigenvalue weighted by molar-refractivity contribution is 5.98. The summed E-state index contributed by atoms with van der Waals surface area (Å²) in [6, 6.07) is 9.24. The van der Waals surface area contributed by atoms with E-state index in [2.05, 4.69) is 4.98 Å². The predicted molar refractivity (Wildman–Crippen MR) is 124 cm³/mol. The Morgan fingerprint density at radius 3 is 2.41 bits per heavy atom. The molecule has 1 fully saturated rings. The minimum absolute atomic E-state index is 0.0451. The minimum atomic E-state index is -0.637. The molecule has 0 bridgehead atoms. The maximum atomic E-state index is 14.4. The van der Waals surface area contributed by atoms with Crippen LogP contribution in [0.3, 0.4) is 0 Å². The Kier molecular flexibility index (Phi) is 6.95. The van der Waals surface area contributed by atoms with Gasteiger partial charge in [0.05, 0.1) is 0 Å². The summed E-state index contributed by atoms with van der Waals surface area (Å²) < 4.78 is 41.2. The van der Waals surface area contributed by atoms with Crippen LogP contribution in [0.2, 0.25) is 0 Å². The molecule has 34 heavy (non-hydrogen) atoms. The molecule has 3 aromatic rings. The lowest BCUT2D eigenvalue weighted by Crippen LogP contribution is -2.48. The van der Waals surface area contributed by atoms with Gasteiger partial charge in [0.25, 0.3) is 5.91 Å². The van der Waals surface area contributed by atoms with Gasteiger partial charge in [-0.15, -0.1) is 0 Å². The maximum absolute atomic E-state index is 14.4. The topological polar surface area (TPSA) is 56.4 Å². The van der Waals surface area contributed by atoms with Crippen molar-refractivity contribution in [1.29, 1.82) is 0 Å². The van der Waals surface area contributed by atoms with Gasteiger partial charge in [-0.25, -0.2) is 13.2 Å². The number of piperidine rings is 1. The first-order valence-electron chi connectivity index (χ1n) is 11.5. The van der Waals surface area contributed by atoms with E-state index in [1.54, 1.807) is 35.9 Å². The van der Waals surface area contributed by atoms with E-state index in [0.717, 1.165) is 6.07 Å². The highest BCUT2D eigenvalue weighted by atomic mass is 19.1. The van der Waals surface area contributed by atoms with Gasteiger partial charge in [-0.3, -0.25) is 9.59 Å². The fourth-order valence-corrected chi connectivity index (χ4v) is 4.84. The summed E-state index contributed by atoms with van der Waals surface area (Å²) in [5.41, 5.74) is 1.47. The van der Waals surface area contributed by atoms with Crippen LogP contribution in [0, 0.1) is 23.4 Å². The Hall–Kier alpha value is -3.29. The Morgan fingerprint density at radius 2 is 1.74 bits per heavy atom. The van der Waals surface area contributed by atoms with Gasteiger partial charge in [-0.1, -0.05) is 13.0 Å². The number of amides is 2. The lowest BCUT2D eigenvalue weighted by atomic mass is 9.84. The summed E-state index contributed by atoms with van der Waals surface area (Å²) in [6.07, 6.45) is 1.91. The summed E-state index contributed by atoms with van der Waals surface area (Å²) in [4.78, 5) is 32.0. The van der Waals surface area contributed by atoms with Crippen LogP contribution in [0.4, 0.5) is 13.2 Å². The van der Waals surface area contributed by atoms with E-state index < -0.39 is 11.6 Å². The molecule has 1 saturated heterocycles. The number of carbonyl (C=O) groups excluding carboxylic acids is 2. The molecular formula is C26H28F3N3O2. The van der Waals surface area contributed by atoms with E-state index in [-0.39, 0.29) is 36.0 Å². The molecule has 0 radical (unpaired) electrons. The second-order valence-corrected chi connectivity index (χ2v) is 8.91. The van der Waals surface area contributed by atoms with Crippen molar-refractivity contribution in [3.8, 4) is 0 Å². The van der Waals surface area contributed by atoms with Crippen molar-refractivity contribution in [2.75, 3.05) is 20.1 Å². The number of likely N-dealkylation sites (N-methyl/N-ethyl adjacent to an activating group) is 1. The zero-order valence-electron chi connectivity index (χ0n) is 19.3. The number of H-pyrrole nitrogens is 1. The monoisotopic (exact) mass is 471 g/mol. The van der Waals surface area contributed by atoms with Crippen LogP contribution in [0.5, 0.6) is 0 Å². The molecule has 2 heterocycles. The summed E-state index contributed by atoms with van der Waals surface area (Å²) in [5, 5.41) is 0.638. The van der Waals surface area contributed by atoms with E-state index in [1.807, 2.05) is 0 Å². The number of rotatable bonds is 6. The van der Waals surface area contributed by atoms with Crippen LogP contribution in [0.15, 0.2) is 42.5 Å². The van der Waals surface area contributed by atoms with Gasteiger partial charge >= 0.3 is 0 Å². The summed E-state index contributed by atoms with van der Waals surface area (Å²) in [7, 11) is 1.72. The van der Waals surface area contributed by atoms with Crippen molar-refractivity contribution in [1.82, 2.24) is 14.8 Å². The van der Waals surface area contributed by atoms with Gasteiger partial charge in [0.15, 0.2) is 0 Å². The Labute approximate surface area is 196 Å². The molecular weight excluding hydrogens is 443 g/mol. The highest BCUT2D eigenvalue weighted by Gasteiger charge is 2.33. The number of hydrogen-bond acceptors (Lipinski definition) is 2.